The highest BCUT2D eigenvalue weighted by Crippen LogP contribution is 2.33. The van der Waals surface area contributed by atoms with Crippen LogP contribution in [0.1, 0.15) is 41.5 Å². The molecule has 0 aliphatic carbocycles. The molecule has 0 amide bonds. The van der Waals surface area contributed by atoms with Gasteiger partial charge in [0.2, 0.25) is 0 Å². The standard InChI is InChI=1S/C16H17N3O3/c1-9-14(8-20)16(15-10(2)18-22-11(15)3)19(17-9)12-4-6-13(21)7-5-12/h4-8,11,15,21H,1-3H3. The molecule has 2 aromatic rings. The third-order valence-corrected chi connectivity index (χ3v) is 3.93. The molecule has 0 spiro atoms. The van der Waals surface area contributed by atoms with Crippen molar-refractivity contribution < 1.29 is 14.7 Å². The SMILES string of the molecule is CC1=NOC(C)C1c1c(C=O)c(C)nn1-c1ccc(O)cc1. The van der Waals surface area contributed by atoms with Crippen molar-refractivity contribution in [2.75, 3.05) is 0 Å². The number of aromatic hydroxyl groups is 1. The average Bonchev–Trinajstić information content (AvgIpc) is 2.99. The van der Waals surface area contributed by atoms with E-state index in [0.717, 1.165) is 23.4 Å². The number of phenolic OH excluding ortho intramolecular Hbond substituents is 1. The molecule has 6 heteroatoms. The number of aryl methyl sites for hydroxylation is 1. The second-order valence-electron chi connectivity index (χ2n) is 5.45. The van der Waals surface area contributed by atoms with Gasteiger partial charge in [-0.2, -0.15) is 5.10 Å². The fourth-order valence-electron chi connectivity index (χ4n) is 2.84. The van der Waals surface area contributed by atoms with E-state index in [1.54, 1.807) is 35.9 Å². The molecule has 2 heterocycles. The Bertz CT molecular complexity index is 747. The molecule has 1 aromatic heterocycles. The van der Waals surface area contributed by atoms with Crippen molar-refractivity contribution in [3.05, 3.63) is 41.2 Å². The lowest BCUT2D eigenvalue weighted by Gasteiger charge is -2.17. The number of phenols is 1. The Morgan fingerprint density at radius 2 is 1.95 bits per heavy atom. The Hall–Kier alpha value is -2.63. The van der Waals surface area contributed by atoms with Crippen molar-refractivity contribution in [3.8, 4) is 11.4 Å². The monoisotopic (exact) mass is 299 g/mol. The third-order valence-electron chi connectivity index (χ3n) is 3.93. The Morgan fingerprint density at radius 3 is 2.50 bits per heavy atom. The summed E-state index contributed by atoms with van der Waals surface area (Å²) in [5.41, 5.74) is 3.57. The topological polar surface area (TPSA) is 76.7 Å². The van der Waals surface area contributed by atoms with Gasteiger partial charge >= 0.3 is 0 Å². The van der Waals surface area contributed by atoms with Gasteiger partial charge in [0.05, 0.1) is 34.3 Å². The summed E-state index contributed by atoms with van der Waals surface area (Å²) >= 11 is 0. The summed E-state index contributed by atoms with van der Waals surface area (Å²) in [6.45, 7) is 5.60. The minimum absolute atomic E-state index is 0.129. The molecule has 0 fully saturated rings. The highest BCUT2D eigenvalue weighted by atomic mass is 16.6. The molecule has 1 aromatic carbocycles. The van der Waals surface area contributed by atoms with Crippen LogP contribution in [0.25, 0.3) is 5.69 Å². The number of benzene rings is 1. The summed E-state index contributed by atoms with van der Waals surface area (Å²) in [5.74, 6) is 0.0512. The van der Waals surface area contributed by atoms with Crippen LogP contribution in [0.2, 0.25) is 0 Å². The first kappa shape index (κ1) is 14.3. The van der Waals surface area contributed by atoms with Gasteiger partial charge in [-0.1, -0.05) is 5.16 Å². The van der Waals surface area contributed by atoms with Gasteiger partial charge in [0.1, 0.15) is 11.9 Å². The number of aromatic nitrogens is 2. The predicted octanol–water partition coefficient (Wildman–Crippen LogP) is 2.58. The van der Waals surface area contributed by atoms with Crippen LogP contribution in [0.4, 0.5) is 0 Å². The number of carbonyl (C=O) groups excluding carboxylic acids is 1. The van der Waals surface area contributed by atoms with E-state index in [9.17, 15) is 9.90 Å². The second kappa shape index (κ2) is 5.29. The van der Waals surface area contributed by atoms with Gasteiger partial charge in [0.25, 0.3) is 0 Å². The minimum Gasteiger partial charge on any atom is -0.508 e. The molecule has 1 N–H and O–H groups in total. The van der Waals surface area contributed by atoms with Crippen LogP contribution in [-0.2, 0) is 4.84 Å². The second-order valence-corrected chi connectivity index (χ2v) is 5.45. The van der Waals surface area contributed by atoms with Gasteiger partial charge in [-0.25, -0.2) is 4.68 Å². The molecule has 114 valence electrons. The van der Waals surface area contributed by atoms with Crippen LogP contribution in [0.15, 0.2) is 29.4 Å². The zero-order chi connectivity index (χ0) is 15.9. The summed E-state index contributed by atoms with van der Waals surface area (Å²) in [4.78, 5) is 16.9. The zero-order valence-electron chi connectivity index (χ0n) is 12.6. The number of rotatable bonds is 3. The summed E-state index contributed by atoms with van der Waals surface area (Å²) < 4.78 is 1.73. The van der Waals surface area contributed by atoms with Gasteiger partial charge in [0, 0.05) is 0 Å². The molecule has 2 unspecified atom stereocenters. The first-order valence-corrected chi connectivity index (χ1v) is 7.07. The number of nitrogens with zero attached hydrogens (tertiary/aromatic N) is 3. The molecular weight excluding hydrogens is 282 g/mol. The smallest absolute Gasteiger partial charge is 0.153 e. The molecule has 0 saturated carbocycles. The quantitative estimate of drug-likeness (QED) is 0.884. The minimum atomic E-state index is -0.161. The van der Waals surface area contributed by atoms with Gasteiger partial charge < -0.3 is 9.94 Å². The Labute approximate surface area is 128 Å². The van der Waals surface area contributed by atoms with E-state index in [4.69, 9.17) is 4.84 Å². The highest BCUT2D eigenvalue weighted by Gasteiger charge is 2.35. The number of aldehydes is 1. The molecule has 0 bridgehead atoms. The van der Waals surface area contributed by atoms with Crippen LogP contribution in [0.3, 0.4) is 0 Å². The van der Waals surface area contributed by atoms with Gasteiger partial charge in [0.15, 0.2) is 6.29 Å². The number of hydrogen-bond acceptors (Lipinski definition) is 5. The maximum absolute atomic E-state index is 11.5. The van der Waals surface area contributed by atoms with Crippen LogP contribution in [0, 0.1) is 6.92 Å². The highest BCUT2D eigenvalue weighted by molar-refractivity contribution is 5.92. The Kier molecular flexibility index (Phi) is 3.44. The van der Waals surface area contributed by atoms with Gasteiger partial charge in [-0.3, -0.25) is 4.79 Å². The van der Waals surface area contributed by atoms with E-state index in [-0.39, 0.29) is 17.8 Å². The van der Waals surface area contributed by atoms with Crippen LogP contribution in [-0.4, -0.2) is 33.0 Å². The van der Waals surface area contributed by atoms with Crippen molar-refractivity contribution in [2.45, 2.75) is 32.8 Å². The van der Waals surface area contributed by atoms with E-state index in [0.29, 0.717) is 11.3 Å². The lowest BCUT2D eigenvalue weighted by molar-refractivity contribution is 0.0892. The fourth-order valence-corrected chi connectivity index (χ4v) is 2.84. The molecule has 22 heavy (non-hydrogen) atoms. The third kappa shape index (κ3) is 2.16. The van der Waals surface area contributed by atoms with Crippen LogP contribution >= 0.6 is 0 Å². The van der Waals surface area contributed by atoms with Crippen molar-refractivity contribution >= 4 is 12.0 Å². The Balaban J connectivity index is 2.21. The van der Waals surface area contributed by atoms with Crippen molar-refractivity contribution in [3.63, 3.8) is 0 Å². The normalized spacial score (nSPS) is 20.6. The summed E-state index contributed by atoms with van der Waals surface area (Å²) in [7, 11) is 0. The molecule has 0 radical (unpaired) electrons. The van der Waals surface area contributed by atoms with Crippen LogP contribution in [0.5, 0.6) is 5.75 Å². The van der Waals surface area contributed by atoms with E-state index in [1.165, 1.54) is 0 Å². The summed E-state index contributed by atoms with van der Waals surface area (Å²) in [5, 5.41) is 18.0. The van der Waals surface area contributed by atoms with E-state index >= 15 is 0 Å². The number of oxime groups is 1. The zero-order valence-corrected chi connectivity index (χ0v) is 12.6. The van der Waals surface area contributed by atoms with E-state index in [1.807, 2.05) is 13.8 Å². The Morgan fingerprint density at radius 1 is 1.27 bits per heavy atom. The van der Waals surface area contributed by atoms with Gasteiger partial charge in [-0.05, 0) is 45.0 Å². The van der Waals surface area contributed by atoms with E-state index in [2.05, 4.69) is 10.3 Å². The van der Waals surface area contributed by atoms with Crippen molar-refractivity contribution in [1.82, 2.24) is 9.78 Å². The molecule has 0 saturated heterocycles. The lowest BCUT2D eigenvalue weighted by atomic mass is 9.92. The predicted molar refractivity (Wildman–Crippen MR) is 81.8 cm³/mol. The first-order chi connectivity index (χ1) is 10.5. The molecule has 1 aliphatic heterocycles. The van der Waals surface area contributed by atoms with Crippen molar-refractivity contribution in [2.24, 2.45) is 5.16 Å². The molecule has 3 rings (SSSR count). The molecule has 2 atom stereocenters. The van der Waals surface area contributed by atoms with Crippen molar-refractivity contribution in [1.29, 1.82) is 0 Å². The largest absolute Gasteiger partial charge is 0.508 e. The van der Waals surface area contributed by atoms with Crippen LogP contribution < -0.4 is 0 Å². The first-order valence-electron chi connectivity index (χ1n) is 7.07. The number of carbonyl (C=O) groups is 1. The molecule has 1 aliphatic rings. The maximum Gasteiger partial charge on any atom is 0.153 e. The average molecular weight is 299 g/mol. The fraction of sp³-hybridized carbons (Fsp3) is 0.312. The summed E-state index contributed by atoms with van der Waals surface area (Å²) in [6, 6.07) is 6.69. The molecule has 6 nitrogen and oxygen atoms in total. The lowest BCUT2D eigenvalue weighted by Crippen LogP contribution is -2.21. The maximum atomic E-state index is 11.5. The summed E-state index contributed by atoms with van der Waals surface area (Å²) in [6.07, 6.45) is 0.665. The number of hydrogen-bond donors (Lipinski definition) is 1. The van der Waals surface area contributed by atoms with Gasteiger partial charge in [-0.15, -0.1) is 0 Å². The molecular formula is C16H17N3O3. The van der Waals surface area contributed by atoms with E-state index < -0.39 is 0 Å².